The second kappa shape index (κ2) is 7.85. The summed E-state index contributed by atoms with van der Waals surface area (Å²) in [7, 11) is 0. The Morgan fingerprint density at radius 2 is 2.00 bits per heavy atom. The molecule has 0 spiro atoms. The van der Waals surface area contributed by atoms with E-state index in [9.17, 15) is 4.79 Å². The van der Waals surface area contributed by atoms with Crippen molar-refractivity contribution in [3.63, 3.8) is 0 Å². The number of pyridine rings is 1. The molecule has 0 saturated heterocycles. The summed E-state index contributed by atoms with van der Waals surface area (Å²) in [5, 5.41) is 5.96. The van der Waals surface area contributed by atoms with Gasteiger partial charge in [0.05, 0.1) is 5.56 Å². The minimum absolute atomic E-state index is 0.141. The molecule has 0 saturated carbocycles. The molecule has 4 heteroatoms. The van der Waals surface area contributed by atoms with Crippen molar-refractivity contribution in [3.8, 4) is 0 Å². The van der Waals surface area contributed by atoms with Crippen molar-refractivity contribution in [1.82, 2.24) is 10.3 Å². The Morgan fingerprint density at radius 1 is 1.19 bits per heavy atom. The molecular formula is C17H19N3O. The molecule has 0 aliphatic carbocycles. The van der Waals surface area contributed by atoms with Crippen LogP contribution >= 0.6 is 0 Å². The molecule has 2 aromatic rings. The zero-order valence-corrected chi connectivity index (χ0v) is 11.9. The number of benzene rings is 1. The van der Waals surface area contributed by atoms with Gasteiger partial charge in [0.15, 0.2) is 0 Å². The van der Waals surface area contributed by atoms with Crippen molar-refractivity contribution in [2.45, 2.75) is 6.42 Å². The van der Waals surface area contributed by atoms with Crippen LogP contribution in [0.3, 0.4) is 0 Å². The normalized spacial score (nSPS) is 9.90. The highest BCUT2D eigenvalue weighted by molar-refractivity contribution is 5.94. The summed E-state index contributed by atoms with van der Waals surface area (Å²) >= 11 is 0. The van der Waals surface area contributed by atoms with Crippen LogP contribution in [0.4, 0.5) is 5.82 Å². The topological polar surface area (TPSA) is 54.0 Å². The molecule has 1 heterocycles. The van der Waals surface area contributed by atoms with E-state index in [-0.39, 0.29) is 5.91 Å². The predicted octanol–water partition coefficient (Wildman–Crippen LogP) is 2.65. The maximum Gasteiger partial charge on any atom is 0.253 e. The van der Waals surface area contributed by atoms with Gasteiger partial charge < -0.3 is 10.6 Å². The van der Waals surface area contributed by atoms with Gasteiger partial charge in [-0.25, -0.2) is 4.98 Å². The number of carbonyl (C=O) groups excluding carboxylic acids is 1. The largest absolute Gasteiger partial charge is 0.370 e. The van der Waals surface area contributed by atoms with Crippen molar-refractivity contribution in [2.75, 3.05) is 18.4 Å². The van der Waals surface area contributed by atoms with Crippen molar-refractivity contribution in [3.05, 3.63) is 72.4 Å². The molecule has 0 bridgehead atoms. The van der Waals surface area contributed by atoms with Crippen LogP contribution in [0.2, 0.25) is 0 Å². The lowest BCUT2D eigenvalue weighted by Gasteiger charge is -2.07. The average molecular weight is 281 g/mol. The molecule has 0 unspecified atom stereocenters. The summed E-state index contributed by atoms with van der Waals surface area (Å²) in [6.07, 6.45) is 4.15. The molecule has 2 rings (SSSR count). The van der Waals surface area contributed by atoms with Gasteiger partial charge in [-0.15, -0.1) is 6.58 Å². The second-order valence-corrected chi connectivity index (χ2v) is 4.59. The average Bonchev–Trinajstić information content (AvgIpc) is 2.54. The van der Waals surface area contributed by atoms with Crippen LogP contribution in [0, 0.1) is 0 Å². The van der Waals surface area contributed by atoms with E-state index in [0.717, 1.165) is 18.8 Å². The molecule has 108 valence electrons. The summed E-state index contributed by atoms with van der Waals surface area (Å²) in [5.41, 5.74) is 1.83. The SMILES string of the molecule is C=CCNC(=O)c1ccc(NCCc2ccccc2)nc1. The van der Waals surface area contributed by atoms with E-state index in [1.54, 1.807) is 18.3 Å². The number of nitrogens with one attached hydrogen (secondary N) is 2. The van der Waals surface area contributed by atoms with E-state index < -0.39 is 0 Å². The number of hydrogen-bond acceptors (Lipinski definition) is 3. The van der Waals surface area contributed by atoms with Crippen LogP contribution in [0.5, 0.6) is 0 Å². The summed E-state index contributed by atoms with van der Waals surface area (Å²) in [5.74, 6) is 0.629. The second-order valence-electron chi connectivity index (χ2n) is 4.59. The van der Waals surface area contributed by atoms with Gasteiger partial charge in [-0.2, -0.15) is 0 Å². The number of hydrogen-bond donors (Lipinski definition) is 2. The maximum atomic E-state index is 11.7. The minimum atomic E-state index is -0.141. The summed E-state index contributed by atoms with van der Waals surface area (Å²) in [4.78, 5) is 15.9. The molecule has 0 aliphatic heterocycles. The molecule has 1 amide bonds. The summed E-state index contributed by atoms with van der Waals surface area (Å²) < 4.78 is 0. The molecule has 4 nitrogen and oxygen atoms in total. The first-order valence-electron chi connectivity index (χ1n) is 6.92. The van der Waals surface area contributed by atoms with Gasteiger partial charge >= 0.3 is 0 Å². The minimum Gasteiger partial charge on any atom is -0.370 e. The highest BCUT2D eigenvalue weighted by atomic mass is 16.1. The van der Waals surface area contributed by atoms with E-state index in [4.69, 9.17) is 0 Å². The number of nitrogens with zero attached hydrogens (tertiary/aromatic N) is 1. The third-order valence-electron chi connectivity index (χ3n) is 3.00. The van der Waals surface area contributed by atoms with Gasteiger partial charge in [-0.1, -0.05) is 36.4 Å². The van der Waals surface area contributed by atoms with Crippen LogP contribution in [0.25, 0.3) is 0 Å². The van der Waals surface area contributed by atoms with Crippen molar-refractivity contribution >= 4 is 11.7 Å². The Kier molecular flexibility index (Phi) is 5.52. The lowest BCUT2D eigenvalue weighted by atomic mass is 10.1. The third-order valence-corrected chi connectivity index (χ3v) is 3.00. The summed E-state index contributed by atoms with van der Waals surface area (Å²) in [6.45, 7) is 4.82. The lowest BCUT2D eigenvalue weighted by Crippen LogP contribution is -2.23. The number of amides is 1. The fraction of sp³-hybridized carbons (Fsp3) is 0.176. The van der Waals surface area contributed by atoms with Gasteiger partial charge in [0.25, 0.3) is 5.91 Å². The number of carbonyl (C=O) groups is 1. The molecule has 1 aromatic carbocycles. The standard InChI is InChI=1S/C17H19N3O/c1-2-11-19-17(21)15-8-9-16(20-13-15)18-12-10-14-6-4-3-5-7-14/h2-9,13H,1,10-12H2,(H,18,20)(H,19,21). The van der Waals surface area contributed by atoms with Gasteiger partial charge in [0.1, 0.15) is 5.82 Å². The van der Waals surface area contributed by atoms with Gasteiger partial charge in [0, 0.05) is 19.3 Å². The van der Waals surface area contributed by atoms with Crippen LogP contribution in [-0.4, -0.2) is 24.0 Å². The summed E-state index contributed by atoms with van der Waals surface area (Å²) in [6, 6.07) is 13.8. The van der Waals surface area contributed by atoms with Crippen LogP contribution in [0.1, 0.15) is 15.9 Å². The first-order valence-corrected chi connectivity index (χ1v) is 6.92. The van der Waals surface area contributed by atoms with E-state index in [0.29, 0.717) is 12.1 Å². The zero-order chi connectivity index (χ0) is 14.9. The molecule has 0 aliphatic rings. The molecule has 0 fully saturated rings. The zero-order valence-electron chi connectivity index (χ0n) is 11.9. The Bertz CT molecular complexity index is 579. The Morgan fingerprint density at radius 3 is 2.67 bits per heavy atom. The van der Waals surface area contributed by atoms with Crippen molar-refractivity contribution in [1.29, 1.82) is 0 Å². The Balaban J connectivity index is 1.82. The number of aromatic nitrogens is 1. The Hall–Kier alpha value is -2.62. The van der Waals surface area contributed by atoms with Gasteiger partial charge in [0.2, 0.25) is 0 Å². The highest BCUT2D eigenvalue weighted by Crippen LogP contribution is 2.06. The first kappa shape index (κ1) is 14.8. The Labute approximate surface area is 124 Å². The lowest BCUT2D eigenvalue weighted by molar-refractivity contribution is 0.0957. The molecular weight excluding hydrogens is 262 g/mol. The van der Waals surface area contributed by atoms with Crippen LogP contribution in [-0.2, 0) is 6.42 Å². The van der Waals surface area contributed by atoms with Crippen molar-refractivity contribution in [2.24, 2.45) is 0 Å². The molecule has 2 N–H and O–H groups in total. The number of rotatable bonds is 7. The third kappa shape index (κ3) is 4.76. The maximum absolute atomic E-state index is 11.7. The monoisotopic (exact) mass is 281 g/mol. The van der Waals surface area contributed by atoms with E-state index >= 15 is 0 Å². The molecule has 21 heavy (non-hydrogen) atoms. The predicted molar refractivity (Wildman–Crippen MR) is 85.4 cm³/mol. The van der Waals surface area contributed by atoms with E-state index in [1.807, 2.05) is 24.3 Å². The van der Waals surface area contributed by atoms with Crippen LogP contribution in [0.15, 0.2) is 61.3 Å². The quantitative estimate of drug-likeness (QED) is 0.767. The fourth-order valence-electron chi connectivity index (χ4n) is 1.88. The smallest absolute Gasteiger partial charge is 0.253 e. The van der Waals surface area contributed by atoms with E-state index in [1.165, 1.54) is 5.56 Å². The van der Waals surface area contributed by atoms with E-state index in [2.05, 4.69) is 34.3 Å². The molecule has 0 atom stereocenters. The van der Waals surface area contributed by atoms with Gasteiger partial charge in [-0.3, -0.25) is 4.79 Å². The number of anilines is 1. The van der Waals surface area contributed by atoms with Crippen molar-refractivity contribution < 1.29 is 4.79 Å². The molecule has 1 aromatic heterocycles. The first-order chi connectivity index (χ1) is 10.3. The highest BCUT2D eigenvalue weighted by Gasteiger charge is 2.04. The van der Waals surface area contributed by atoms with Crippen LogP contribution < -0.4 is 10.6 Å². The van der Waals surface area contributed by atoms with Gasteiger partial charge in [-0.05, 0) is 24.1 Å². The fourth-order valence-corrected chi connectivity index (χ4v) is 1.88. The molecule has 0 radical (unpaired) electrons.